The summed E-state index contributed by atoms with van der Waals surface area (Å²) < 4.78 is 42.9. The van der Waals surface area contributed by atoms with Crippen molar-refractivity contribution in [2.75, 3.05) is 18.5 Å². The van der Waals surface area contributed by atoms with Crippen molar-refractivity contribution in [2.45, 2.75) is 44.8 Å². The summed E-state index contributed by atoms with van der Waals surface area (Å²) in [6.07, 6.45) is -0.721. The van der Waals surface area contributed by atoms with Crippen LogP contribution in [0.25, 0.3) is 0 Å². The summed E-state index contributed by atoms with van der Waals surface area (Å²) in [5.74, 6) is -0.978. The second-order valence-corrected chi connectivity index (χ2v) is 6.94. The van der Waals surface area contributed by atoms with Crippen LogP contribution in [-0.4, -0.2) is 36.0 Å². The molecule has 0 radical (unpaired) electrons. The van der Waals surface area contributed by atoms with Crippen molar-refractivity contribution in [3.63, 3.8) is 0 Å². The van der Waals surface area contributed by atoms with Crippen LogP contribution >= 0.6 is 0 Å². The van der Waals surface area contributed by atoms with Gasteiger partial charge >= 0.3 is 12.1 Å². The molecule has 0 heterocycles. The van der Waals surface area contributed by atoms with Gasteiger partial charge in [-0.1, -0.05) is 19.8 Å². The predicted octanol–water partition coefficient (Wildman–Crippen LogP) is 3.26. The normalized spacial score (nSPS) is 19.3. The molecule has 2 atom stereocenters. The van der Waals surface area contributed by atoms with E-state index in [1.165, 1.54) is 0 Å². The van der Waals surface area contributed by atoms with Gasteiger partial charge in [0.05, 0.1) is 10.5 Å². The van der Waals surface area contributed by atoms with Crippen molar-refractivity contribution < 1.29 is 32.4 Å². The molecule has 0 unspecified atom stereocenters. The summed E-state index contributed by atoms with van der Waals surface area (Å²) in [5.41, 5.74) is -2.26. The Morgan fingerprint density at radius 1 is 1.28 bits per heavy atom. The molecule has 1 amide bonds. The molecule has 1 aliphatic carbocycles. The number of carbonyl (C=O) groups is 2. The third-order valence-corrected chi connectivity index (χ3v) is 4.77. The summed E-state index contributed by atoms with van der Waals surface area (Å²) in [7, 11) is 0. The first kappa shape index (κ1) is 22.4. The minimum atomic E-state index is -4.73. The number of carbonyl (C=O) groups excluding carboxylic acids is 2. The van der Waals surface area contributed by atoms with E-state index in [0.29, 0.717) is 18.1 Å². The molecule has 1 aliphatic rings. The molecule has 8 nitrogen and oxygen atoms in total. The van der Waals surface area contributed by atoms with E-state index in [0.717, 1.165) is 31.7 Å². The zero-order chi connectivity index (χ0) is 21.6. The van der Waals surface area contributed by atoms with Crippen LogP contribution in [0.5, 0.6) is 0 Å². The third kappa shape index (κ3) is 6.61. The molecule has 1 aromatic rings. The van der Waals surface area contributed by atoms with Crippen molar-refractivity contribution in [3.8, 4) is 0 Å². The Kier molecular flexibility index (Phi) is 7.40. The number of nitrogens with zero attached hydrogens (tertiary/aromatic N) is 1. The number of rotatable bonds is 7. The highest BCUT2D eigenvalue weighted by molar-refractivity contribution is 5.82. The van der Waals surface area contributed by atoms with Gasteiger partial charge in [0.2, 0.25) is 0 Å². The summed E-state index contributed by atoms with van der Waals surface area (Å²) >= 11 is 0. The number of alkyl halides is 3. The zero-order valence-corrected chi connectivity index (χ0v) is 15.8. The van der Waals surface area contributed by atoms with Crippen LogP contribution in [0.4, 0.5) is 24.5 Å². The first-order chi connectivity index (χ1) is 13.6. The maximum atomic E-state index is 12.7. The average molecular weight is 417 g/mol. The Morgan fingerprint density at radius 2 is 1.97 bits per heavy atom. The maximum absolute atomic E-state index is 12.7. The first-order valence-corrected chi connectivity index (χ1v) is 9.12. The largest absolute Gasteiger partial charge is 0.454 e. The van der Waals surface area contributed by atoms with Gasteiger partial charge in [0.15, 0.2) is 6.61 Å². The number of halogens is 3. The summed E-state index contributed by atoms with van der Waals surface area (Å²) in [5, 5.41) is 16.2. The number of amides is 1. The van der Waals surface area contributed by atoms with Gasteiger partial charge in [-0.3, -0.25) is 19.7 Å². The van der Waals surface area contributed by atoms with E-state index >= 15 is 0 Å². The van der Waals surface area contributed by atoms with Crippen LogP contribution < -0.4 is 10.6 Å². The molecule has 0 bridgehead atoms. The van der Waals surface area contributed by atoms with Crippen molar-refractivity contribution in [1.29, 1.82) is 0 Å². The molecular formula is C18H22F3N3O5. The van der Waals surface area contributed by atoms with Crippen LogP contribution in [-0.2, 0) is 20.5 Å². The van der Waals surface area contributed by atoms with E-state index in [2.05, 4.69) is 10.6 Å². The molecule has 11 heteroatoms. The number of ether oxygens (including phenoxy) is 1. The molecule has 0 aliphatic heterocycles. The summed E-state index contributed by atoms with van der Waals surface area (Å²) in [4.78, 5) is 33.7. The summed E-state index contributed by atoms with van der Waals surface area (Å²) in [6.45, 7) is 0.995. The van der Waals surface area contributed by atoms with Gasteiger partial charge in [-0.25, -0.2) is 0 Å². The van der Waals surface area contributed by atoms with E-state index < -0.39 is 47.4 Å². The highest BCUT2D eigenvalue weighted by Gasteiger charge is 2.33. The van der Waals surface area contributed by atoms with Crippen LogP contribution in [0, 0.1) is 16.0 Å². The van der Waals surface area contributed by atoms with Crippen LogP contribution in [0.15, 0.2) is 18.2 Å². The van der Waals surface area contributed by atoms with E-state index in [9.17, 15) is 32.9 Å². The van der Waals surface area contributed by atoms with E-state index in [4.69, 9.17) is 4.74 Å². The van der Waals surface area contributed by atoms with Gasteiger partial charge in [0.1, 0.15) is 12.2 Å². The van der Waals surface area contributed by atoms with Crippen LogP contribution in [0.3, 0.4) is 0 Å². The SMILES string of the molecule is C[C@H]1CCCC[C@@H]1NC(=O)COC(=O)CNc1ccc(C(F)(F)F)cc1[N+](=O)[O-]. The zero-order valence-electron chi connectivity index (χ0n) is 15.8. The van der Waals surface area contributed by atoms with Gasteiger partial charge in [0.25, 0.3) is 11.6 Å². The number of nitro benzene ring substituents is 1. The smallest absolute Gasteiger partial charge is 0.416 e. The lowest BCUT2D eigenvalue weighted by Crippen LogP contribution is -2.43. The minimum absolute atomic E-state index is 0.0304. The quantitative estimate of drug-likeness (QED) is 0.400. The van der Waals surface area contributed by atoms with Crippen molar-refractivity contribution in [2.24, 2.45) is 5.92 Å². The molecular weight excluding hydrogens is 395 g/mol. The van der Waals surface area contributed by atoms with Crippen LogP contribution in [0.2, 0.25) is 0 Å². The van der Waals surface area contributed by atoms with Gasteiger partial charge in [0, 0.05) is 12.1 Å². The minimum Gasteiger partial charge on any atom is -0.454 e. The van der Waals surface area contributed by atoms with Crippen molar-refractivity contribution in [3.05, 3.63) is 33.9 Å². The molecule has 1 aromatic carbocycles. The molecule has 2 N–H and O–H groups in total. The Labute approximate surface area is 164 Å². The molecule has 1 fully saturated rings. The number of esters is 1. The van der Waals surface area contributed by atoms with Crippen molar-refractivity contribution >= 4 is 23.3 Å². The van der Waals surface area contributed by atoms with E-state index in [-0.39, 0.29) is 11.7 Å². The molecule has 0 spiro atoms. The van der Waals surface area contributed by atoms with Gasteiger partial charge in [-0.2, -0.15) is 13.2 Å². The fourth-order valence-electron chi connectivity index (χ4n) is 3.15. The second kappa shape index (κ2) is 9.57. The van der Waals surface area contributed by atoms with E-state index in [1.807, 2.05) is 6.92 Å². The van der Waals surface area contributed by atoms with Crippen molar-refractivity contribution in [1.82, 2.24) is 5.32 Å². The summed E-state index contributed by atoms with van der Waals surface area (Å²) in [6, 6.07) is 1.94. The monoisotopic (exact) mass is 417 g/mol. The number of hydrogen-bond acceptors (Lipinski definition) is 6. The maximum Gasteiger partial charge on any atom is 0.416 e. The number of nitrogens with one attached hydrogen (secondary N) is 2. The fraction of sp³-hybridized carbons (Fsp3) is 0.556. The second-order valence-electron chi connectivity index (χ2n) is 6.94. The number of hydrogen-bond donors (Lipinski definition) is 2. The lowest BCUT2D eigenvalue weighted by Gasteiger charge is -2.29. The van der Waals surface area contributed by atoms with Gasteiger partial charge in [-0.05, 0) is 30.9 Å². The standard InChI is InChI=1S/C18H22F3N3O5/c1-11-4-2-3-5-13(11)23-16(25)10-29-17(26)9-22-14-7-6-12(18(19,20)21)8-15(14)24(27)28/h6-8,11,13,22H,2-5,9-10H2,1H3,(H,23,25)/t11-,13-/m0/s1. The molecule has 29 heavy (non-hydrogen) atoms. The topological polar surface area (TPSA) is 111 Å². The van der Waals surface area contributed by atoms with Crippen LogP contribution in [0.1, 0.15) is 38.2 Å². The van der Waals surface area contributed by atoms with Gasteiger partial charge < -0.3 is 15.4 Å². The fourth-order valence-corrected chi connectivity index (χ4v) is 3.15. The van der Waals surface area contributed by atoms with Gasteiger partial charge in [-0.15, -0.1) is 0 Å². The molecule has 0 aromatic heterocycles. The number of benzene rings is 1. The Hall–Kier alpha value is -2.85. The number of anilines is 1. The molecule has 1 saturated carbocycles. The molecule has 0 saturated heterocycles. The first-order valence-electron chi connectivity index (χ1n) is 9.12. The number of nitro groups is 1. The Balaban J connectivity index is 1.85. The highest BCUT2D eigenvalue weighted by atomic mass is 19.4. The predicted molar refractivity (Wildman–Crippen MR) is 97.1 cm³/mol. The molecule has 2 rings (SSSR count). The Bertz CT molecular complexity index is 770. The lowest BCUT2D eigenvalue weighted by molar-refractivity contribution is -0.384. The lowest BCUT2D eigenvalue weighted by atomic mass is 9.86. The average Bonchev–Trinajstić information content (AvgIpc) is 2.65. The van der Waals surface area contributed by atoms with E-state index in [1.54, 1.807) is 0 Å². The third-order valence-electron chi connectivity index (χ3n) is 4.77. The highest BCUT2D eigenvalue weighted by Crippen LogP contribution is 2.34. The molecule has 160 valence electrons. The Morgan fingerprint density at radius 3 is 2.59 bits per heavy atom.